The van der Waals surface area contributed by atoms with E-state index in [0.29, 0.717) is 12.0 Å². The van der Waals surface area contributed by atoms with Gasteiger partial charge < -0.3 is 10.2 Å². The highest BCUT2D eigenvalue weighted by Gasteiger charge is 2.29. The Bertz CT molecular complexity index is 573. The number of benzene rings is 1. The van der Waals surface area contributed by atoms with Gasteiger partial charge in [0.15, 0.2) is 0 Å². The molecule has 126 valence electrons. The van der Waals surface area contributed by atoms with Gasteiger partial charge in [0.25, 0.3) is 5.91 Å². The van der Waals surface area contributed by atoms with E-state index in [2.05, 4.69) is 43.1 Å². The summed E-state index contributed by atoms with van der Waals surface area (Å²) >= 11 is 0. The molecule has 0 saturated carbocycles. The van der Waals surface area contributed by atoms with Gasteiger partial charge in [-0.15, -0.1) is 0 Å². The molecule has 1 unspecified atom stereocenters. The van der Waals surface area contributed by atoms with Crippen LogP contribution in [-0.2, 0) is 12.8 Å². The van der Waals surface area contributed by atoms with Crippen LogP contribution in [0.2, 0.25) is 0 Å². The Balaban J connectivity index is 1.90. The molecule has 1 aromatic rings. The molecule has 23 heavy (non-hydrogen) atoms. The highest BCUT2D eigenvalue weighted by molar-refractivity contribution is 5.96. The first-order valence-electron chi connectivity index (χ1n) is 9.21. The maximum atomic E-state index is 13.3. The molecular formula is C20H30N2O. The van der Waals surface area contributed by atoms with E-state index in [-0.39, 0.29) is 5.91 Å². The lowest BCUT2D eigenvalue weighted by Gasteiger charge is -2.31. The van der Waals surface area contributed by atoms with E-state index in [0.717, 1.165) is 38.0 Å². The predicted octanol–water partition coefficient (Wildman–Crippen LogP) is 3.33. The van der Waals surface area contributed by atoms with E-state index in [4.69, 9.17) is 0 Å². The molecule has 0 bridgehead atoms. The van der Waals surface area contributed by atoms with Crippen molar-refractivity contribution in [3.05, 3.63) is 34.4 Å². The van der Waals surface area contributed by atoms with Gasteiger partial charge in [-0.3, -0.25) is 4.79 Å². The molecule has 1 atom stereocenters. The van der Waals surface area contributed by atoms with Crippen LogP contribution < -0.4 is 5.32 Å². The molecule has 1 heterocycles. The number of hydrogen-bond donors (Lipinski definition) is 1. The van der Waals surface area contributed by atoms with Crippen LogP contribution in [0, 0.1) is 12.8 Å². The zero-order chi connectivity index (χ0) is 16.4. The van der Waals surface area contributed by atoms with Crippen molar-refractivity contribution < 1.29 is 4.79 Å². The summed E-state index contributed by atoms with van der Waals surface area (Å²) in [5, 5.41) is 3.40. The minimum atomic E-state index is 0.235. The van der Waals surface area contributed by atoms with E-state index >= 15 is 0 Å². The maximum Gasteiger partial charge on any atom is 0.254 e. The number of amides is 1. The number of carbonyl (C=O) groups is 1. The SMILES string of the molecule is Cc1c(C(=O)N(CC(C)C)C2CCNC2)ccc2c1CCCC2. The molecular weight excluding hydrogens is 284 g/mol. The number of carbonyl (C=O) groups excluding carboxylic acids is 1. The summed E-state index contributed by atoms with van der Waals surface area (Å²) < 4.78 is 0. The number of nitrogens with one attached hydrogen (secondary N) is 1. The number of nitrogens with zero attached hydrogens (tertiary/aromatic N) is 1. The molecule has 1 aromatic carbocycles. The standard InChI is InChI=1S/C20H30N2O/c1-14(2)13-22(17-10-11-21-12-17)20(23)19-9-8-16-6-4-5-7-18(16)15(19)3/h8-9,14,17,21H,4-7,10-13H2,1-3H3. The van der Waals surface area contributed by atoms with Crippen LogP contribution in [0.15, 0.2) is 12.1 Å². The molecule has 1 fully saturated rings. The van der Waals surface area contributed by atoms with Crippen LogP contribution in [0.1, 0.15) is 60.2 Å². The molecule has 3 rings (SSSR count). The Morgan fingerprint density at radius 2 is 2.09 bits per heavy atom. The first-order chi connectivity index (χ1) is 11.1. The molecule has 0 radical (unpaired) electrons. The maximum absolute atomic E-state index is 13.3. The predicted molar refractivity (Wildman–Crippen MR) is 95.0 cm³/mol. The zero-order valence-corrected chi connectivity index (χ0v) is 14.8. The van der Waals surface area contributed by atoms with Crippen LogP contribution in [0.3, 0.4) is 0 Å². The third-order valence-corrected chi connectivity index (χ3v) is 5.35. The van der Waals surface area contributed by atoms with Crippen molar-refractivity contribution in [1.82, 2.24) is 10.2 Å². The van der Waals surface area contributed by atoms with Gasteiger partial charge in [0, 0.05) is 24.7 Å². The summed E-state index contributed by atoms with van der Waals surface area (Å²) in [6, 6.07) is 4.63. The van der Waals surface area contributed by atoms with Crippen LogP contribution >= 0.6 is 0 Å². The molecule has 1 N–H and O–H groups in total. The van der Waals surface area contributed by atoms with E-state index in [9.17, 15) is 4.79 Å². The third kappa shape index (κ3) is 3.45. The van der Waals surface area contributed by atoms with Crippen molar-refractivity contribution in [3.8, 4) is 0 Å². The van der Waals surface area contributed by atoms with E-state index < -0.39 is 0 Å². The first kappa shape index (κ1) is 16.5. The second-order valence-corrected chi connectivity index (χ2v) is 7.58. The normalized spacial score (nSPS) is 20.6. The Morgan fingerprint density at radius 1 is 1.30 bits per heavy atom. The van der Waals surface area contributed by atoms with Crippen LogP contribution in [0.5, 0.6) is 0 Å². The smallest absolute Gasteiger partial charge is 0.254 e. The number of hydrogen-bond acceptors (Lipinski definition) is 2. The highest BCUT2D eigenvalue weighted by atomic mass is 16.2. The quantitative estimate of drug-likeness (QED) is 0.924. The summed E-state index contributed by atoms with van der Waals surface area (Å²) in [7, 11) is 0. The molecule has 1 saturated heterocycles. The Hall–Kier alpha value is -1.35. The fourth-order valence-electron chi connectivity index (χ4n) is 4.10. The molecule has 2 aliphatic rings. The Labute approximate surface area is 140 Å². The molecule has 3 nitrogen and oxygen atoms in total. The second kappa shape index (κ2) is 7.04. The molecule has 0 aromatic heterocycles. The Morgan fingerprint density at radius 3 is 2.78 bits per heavy atom. The number of rotatable bonds is 4. The molecule has 1 aliphatic carbocycles. The second-order valence-electron chi connectivity index (χ2n) is 7.58. The average Bonchev–Trinajstić information content (AvgIpc) is 3.06. The lowest BCUT2D eigenvalue weighted by atomic mass is 9.86. The van der Waals surface area contributed by atoms with Crippen molar-refractivity contribution in [2.24, 2.45) is 5.92 Å². The van der Waals surface area contributed by atoms with Gasteiger partial charge in [-0.25, -0.2) is 0 Å². The summed E-state index contributed by atoms with van der Waals surface area (Å²) in [4.78, 5) is 15.4. The lowest BCUT2D eigenvalue weighted by molar-refractivity contribution is 0.0666. The summed E-state index contributed by atoms with van der Waals surface area (Å²) in [6.07, 6.45) is 5.92. The van der Waals surface area contributed by atoms with Crippen molar-refractivity contribution in [2.75, 3.05) is 19.6 Å². The monoisotopic (exact) mass is 314 g/mol. The first-order valence-corrected chi connectivity index (χ1v) is 9.21. The van der Waals surface area contributed by atoms with Crippen molar-refractivity contribution in [3.63, 3.8) is 0 Å². The Kier molecular flexibility index (Phi) is 5.05. The third-order valence-electron chi connectivity index (χ3n) is 5.35. The molecule has 1 aliphatic heterocycles. The van der Waals surface area contributed by atoms with Gasteiger partial charge in [0.1, 0.15) is 0 Å². The molecule has 1 amide bonds. The molecule has 0 spiro atoms. The van der Waals surface area contributed by atoms with Gasteiger partial charge in [-0.2, -0.15) is 0 Å². The zero-order valence-electron chi connectivity index (χ0n) is 14.8. The summed E-state index contributed by atoms with van der Waals surface area (Å²) in [5.74, 6) is 0.732. The highest BCUT2D eigenvalue weighted by Crippen LogP contribution is 2.28. The van der Waals surface area contributed by atoms with Gasteiger partial charge in [0.2, 0.25) is 0 Å². The fraction of sp³-hybridized carbons (Fsp3) is 0.650. The van der Waals surface area contributed by atoms with Gasteiger partial charge in [0.05, 0.1) is 0 Å². The molecule has 3 heteroatoms. The van der Waals surface area contributed by atoms with Crippen molar-refractivity contribution >= 4 is 5.91 Å². The largest absolute Gasteiger partial charge is 0.334 e. The van der Waals surface area contributed by atoms with Crippen LogP contribution in [0.4, 0.5) is 0 Å². The van der Waals surface area contributed by atoms with Gasteiger partial charge in [-0.1, -0.05) is 19.9 Å². The van der Waals surface area contributed by atoms with E-state index in [1.165, 1.54) is 36.0 Å². The summed E-state index contributed by atoms with van der Waals surface area (Å²) in [6.45, 7) is 9.35. The van der Waals surface area contributed by atoms with E-state index in [1.807, 2.05) is 0 Å². The van der Waals surface area contributed by atoms with Gasteiger partial charge in [-0.05, 0) is 74.2 Å². The van der Waals surface area contributed by atoms with Crippen molar-refractivity contribution in [2.45, 2.75) is 58.9 Å². The number of aryl methyl sites for hydroxylation is 1. The van der Waals surface area contributed by atoms with Crippen LogP contribution in [-0.4, -0.2) is 36.5 Å². The van der Waals surface area contributed by atoms with Gasteiger partial charge >= 0.3 is 0 Å². The summed E-state index contributed by atoms with van der Waals surface area (Å²) in [5.41, 5.74) is 5.06. The topological polar surface area (TPSA) is 32.3 Å². The van der Waals surface area contributed by atoms with E-state index in [1.54, 1.807) is 0 Å². The minimum Gasteiger partial charge on any atom is -0.334 e. The van der Waals surface area contributed by atoms with Crippen molar-refractivity contribution in [1.29, 1.82) is 0 Å². The average molecular weight is 314 g/mol. The lowest BCUT2D eigenvalue weighted by Crippen LogP contribution is -2.44. The number of fused-ring (bicyclic) bond motifs is 1. The fourth-order valence-corrected chi connectivity index (χ4v) is 4.10. The van der Waals surface area contributed by atoms with Crippen LogP contribution in [0.25, 0.3) is 0 Å². The minimum absolute atomic E-state index is 0.235.